The Morgan fingerprint density at radius 1 is 0.882 bits per heavy atom. The van der Waals surface area contributed by atoms with E-state index in [-0.39, 0.29) is 0 Å². The van der Waals surface area contributed by atoms with Gasteiger partial charge in [-0.3, -0.25) is 5.01 Å². The molecule has 17 heavy (non-hydrogen) atoms. The monoisotopic (exact) mass is 224 g/mol. The van der Waals surface area contributed by atoms with Crippen molar-refractivity contribution in [2.75, 3.05) is 12.1 Å². The molecule has 2 rings (SSSR count). The zero-order valence-corrected chi connectivity index (χ0v) is 10.2. The Morgan fingerprint density at radius 2 is 1.41 bits per heavy atom. The highest BCUT2D eigenvalue weighted by molar-refractivity contribution is 5.99. The van der Waals surface area contributed by atoms with E-state index in [1.165, 1.54) is 0 Å². The lowest BCUT2D eigenvalue weighted by Gasteiger charge is -2.14. The Labute approximate surface area is 102 Å². The first-order valence-electron chi connectivity index (χ1n) is 5.67. The van der Waals surface area contributed by atoms with Gasteiger partial charge in [0.2, 0.25) is 0 Å². The van der Waals surface area contributed by atoms with E-state index >= 15 is 0 Å². The molecule has 0 spiro atoms. The zero-order valence-electron chi connectivity index (χ0n) is 10.2. The van der Waals surface area contributed by atoms with E-state index in [9.17, 15) is 0 Å². The van der Waals surface area contributed by atoms with Crippen LogP contribution in [0.5, 0.6) is 0 Å². The van der Waals surface area contributed by atoms with Crippen molar-refractivity contribution in [3.63, 3.8) is 0 Å². The Kier molecular flexibility index (Phi) is 3.55. The zero-order chi connectivity index (χ0) is 12.1. The second-order valence-electron chi connectivity index (χ2n) is 3.91. The van der Waals surface area contributed by atoms with Crippen LogP contribution >= 0.6 is 0 Å². The van der Waals surface area contributed by atoms with Gasteiger partial charge in [0.25, 0.3) is 0 Å². The number of rotatable bonds is 3. The van der Waals surface area contributed by atoms with Crippen LogP contribution in [-0.4, -0.2) is 12.8 Å². The van der Waals surface area contributed by atoms with Crippen molar-refractivity contribution in [2.24, 2.45) is 5.10 Å². The molecular weight excluding hydrogens is 208 g/mol. The average molecular weight is 224 g/mol. The molecule has 0 aliphatic carbocycles. The number of hydrogen-bond acceptors (Lipinski definition) is 2. The number of benzene rings is 2. The minimum absolute atomic E-state index is 1.01. The van der Waals surface area contributed by atoms with Crippen LogP contribution < -0.4 is 5.01 Å². The Balaban J connectivity index is 2.20. The first-order chi connectivity index (χ1) is 8.27. The van der Waals surface area contributed by atoms with Gasteiger partial charge in [0.15, 0.2) is 0 Å². The van der Waals surface area contributed by atoms with Crippen LogP contribution in [0, 0.1) is 0 Å². The van der Waals surface area contributed by atoms with Gasteiger partial charge in [-0.1, -0.05) is 48.5 Å². The summed E-state index contributed by atoms with van der Waals surface area (Å²) < 4.78 is 0. The molecule has 0 saturated carbocycles. The number of hydrogen-bond donors (Lipinski definition) is 0. The SMILES string of the molecule is CC(=NN(C)c1ccccc1)c1ccccc1. The van der Waals surface area contributed by atoms with E-state index in [1.807, 2.05) is 67.5 Å². The lowest BCUT2D eigenvalue weighted by atomic mass is 10.1. The van der Waals surface area contributed by atoms with Crippen molar-refractivity contribution >= 4 is 11.4 Å². The molecule has 2 aromatic rings. The summed E-state index contributed by atoms with van der Waals surface area (Å²) in [5.74, 6) is 0. The number of nitrogens with zero attached hydrogens (tertiary/aromatic N) is 2. The van der Waals surface area contributed by atoms with Gasteiger partial charge in [-0.05, 0) is 24.6 Å². The first kappa shape index (κ1) is 11.4. The van der Waals surface area contributed by atoms with Crippen molar-refractivity contribution in [3.05, 3.63) is 66.2 Å². The van der Waals surface area contributed by atoms with Crippen molar-refractivity contribution in [2.45, 2.75) is 6.92 Å². The third-order valence-corrected chi connectivity index (χ3v) is 2.62. The molecule has 0 saturated heterocycles. The first-order valence-corrected chi connectivity index (χ1v) is 5.67. The summed E-state index contributed by atoms with van der Waals surface area (Å²) in [5, 5.41) is 6.46. The van der Waals surface area contributed by atoms with Gasteiger partial charge in [0.05, 0.1) is 11.4 Å². The third kappa shape index (κ3) is 2.94. The quantitative estimate of drug-likeness (QED) is 0.575. The molecule has 0 heterocycles. The molecular formula is C15H16N2. The van der Waals surface area contributed by atoms with Crippen LogP contribution in [-0.2, 0) is 0 Å². The maximum absolute atomic E-state index is 4.57. The van der Waals surface area contributed by atoms with Gasteiger partial charge in [0, 0.05) is 7.05 Å². The van der Waals surface area contributed by atoms with E-state index in [0.29, 0.717) is 0 Å². The van der Waals surface area contributed by atoms with Gasteiger partial charge in [-0.2, -0.15) is 5.10 Å². The van der Waals surface area contributed by atoms with Crippen molar-refractivity contribution < 1.29 is 0 Å². The van der Waals surface area contributed by atoms with Crippen LogP contribution in [0.4, 0.5) is 5.69 Å². The summed E-state index contributed by atoms with van der Waals surface area (Å²) >= 11 is 0. The summed E-state index contributed by atoms with van der Waals surface area (Å²) in [5.41, 5.74) is 3.25. The number of hydrazone groups is 1. The lowest BCUT2D eigenvalue weighted by Crippen LogP contribution is -2.12. The highest BCUT2D eigenvalue weighted by Crippen LogP contribution is 2.12. The normalized spacial score (nSPS) is 11.3. The number of para-hydroxylation sites is 1. The fraction of sp³-hybridized carbons (Fsp3) is 0.133. The minimum Gasteiger partial charge on any atom is -0.268 e. The van der Waals surface area contributed by atoms with Gasteiger partial charge in [0.1, 0.15) is 0 Å². The molecule has 0 aliphatic heterocycles. The fourth-order valence-electron chi connectivity index (χ4n) is 1.66. The molecule has 0 unspecified atom stereocenters. The van der Waals surface area contributed by atoms with Crippen LogP contribution in [0.1, 0.15) is 12.5 Å². The number of anilines is 1. The summed E-state index contributed by atoms with van der Waals surface area (Å²) in [7, 11) is 1.96. The Hall–Kier alpha value is -2.09. The minimum atomic E-state index is 1.01. The molecule has 0 fully saturated rings. The molecule has 2 heteroatoms. The van der Waals surface area contributed by atoms with E-state index in [2.05, 4.69) is 17.2 Å². The smallest absolute Gasteiger partial charge is 0.0650 e. The molecule has 0 bridgehead atoms. The van der Waals surface area contributed by atoms with Gasteiger partial charge >= 0.3 is 0 Å². The highest BCUT2D eigenvalue weighted by atomic mass is 15.4. The standard InChI is InChI=1S/C15H16N2/c1-13(14-9-5-3-6-10-14)16-17(2)15-11-7-4-8-12-15/h3-12H,1-2H3. The lowest BCUT2D eigenvalue weighted by molar-refractivity contribution is 1.01. The van der Waals surface area contributed by atoms with Crippen molar-refractivity contribution in [1.82, 2.24) is 0 Å². The molecule has 0 atom stereocenters. The van der Waals surface area contributed by atoms with Gasteiger partial charge in [-0.15, -0.1) is 0 Å². The second-order valence-corrected chi connectivity index (χ2v) is 3.91. The highest BCUT2D eigenvalue weighted by Gasteiger charge is 2.00. The van der Waals surface area contributed by atoms with E-state index < -0.39 is 0 Å². The predicted octanol–water partition coefficient (Wildman–Crippen LogP) is 3.55. The molecule has 2 nitrogen and oxygen atoms in total. The van der Waals surface area contributed by atoms with E-state index in [0.717, 1.165) is 17.0 Å². The summed E-state index contributed by atoms with van der Waals surface area (Å²) in [6.45, 7) is 2.02. The molecule has 86 valence electrons. The second kappa shape index (κ2) is 5.30. The summed E-state index contributed by atoms with van der Waals surface area (Å²) in [4.78, 5) is 0. The maximum Gasteiger partial charge on any atom is 0.0650 e. The Morgan fingerprint density at radius 3 is 2.00 bits per heavy atom. The summed E-state index contributed by atoms with van der Waals surface area (Å²) in [6.07, 6.45) is 0. The van der Waals surface area contributed by atoms with Gasteiger partial charge in [-0.25, -0.2) is 0 Å². The molecule has 0 aromatic heterocycles. The average Bonchev–Trinajstić information content (AvgIpc) is 2.40. The topological polar surface area (TPSA) is 15.6 Å². The molecule has 2 aromatic carbocycles. The van der Waals surface area contributed by atoms with Crippen molar-refractivity contribution in [1.29, 1.82) is 0 Å². The van der Waals surface area contributed by atoms with E-state index in [1.54, 1.807) is 0 Å². The Bertz CT molecular complexity index is 489. The fourth-order valence-corrected chi connectivity index (χ4v) is 1.66. The van der Waals surface area contributed by atoms with Crippen molar-refractivity contribution in [3.8, 4) is 0 Å². The largest absolute Gasteiger partial charge is 0.268 e. The third-order valence-electron chi connectivity index (χ3n) is 2.62. The molecule has 0 radical (unpaired) electrons. The van der Waals surface area contributed by atoms with Crippen LogP contribution in [0.15, 0.2) is 65.8 Å². The molecule has 0 N–H and O–H groups in total. The maximum atomic E-state index is 4.57. The van der Waals surface area contributed by atoms with Gasteiger partial charge < -0.3 is 0 Å². The summed E-state index contributed by atoms with van der Waals surface area (Å²) in [6, 6.07) is 20.3. The van der Waals surface area contributed by atoms with Crippen LogP contribution in [0.3, 0.4) is 0 Å². The predicted molar refractivity (Wildman–Crippen MR) is 73.5 cm³/mol. The molecule has 0 amide bonds. The van der Waals surface area contributed by atoms with Crippen LogP contribution in [0.25, 0.3) is 0 Å². The molecule has 0 aliphatic rings. The van der Waals surface area contributed by atoms with E-state index in [4.69, 9.17) is 0 Å². The van der Waals surface area contributed by atoms with Crippen LogP contribution in [0.2, 0.25) is 0 Å².